The van der Waals surface area contributed by atoms with E-state index in [1.165, 1.54) is 62.5 Å². The molecule has 2 aliphatic carbocycles. The Morgan fingerprint density at radius 2 is 0.838 bits per heavy atom. The summed E-state index contributed by atoms with van der Waals surface area (Å²) < 4.78 is 6.60. The number of hydrogen-bond acceptors (Lipinski definition) is 0. The molecule has 0 amide bonds. The van der Waals surface area contributed by atoms with Crippen molar-refractivity contribution < 1.29 is 40.0 Å². The average molecular weight is 756 g/mol. The first kappa shape index (κ1) is 33.2. The Kier molecular flexibility index (Phi) is 16.4. The second kappa shape index (κ2) is 18.3. The zero-order chi connectivity index (χ0) is 24.3. The summed E-state index contributed by atoms with van der Waals surface area (Å²) in [7, 11) is 9.90. The van der Waals surface area contributed by atoms with E-state index in [-0.39, 0.29) is 24.8 Å². The molecule has 0 atom stereocenters. The third-order valence-corrected chi connectivity index (χ3v) is 11.8. The van der Waals surface area contributed by atoms with Gasteiger partial charge in [-0.05, 0) is 0 Å². The van der Waals surface area contributed by atoms with Crippen LogP contribution in [0.15, 0.2) is 84.9 Å². The normalized spacial score (nSPS) is 12.8. The number of halogens is 4. The summed E-state index contributed by atoms with van der Waals surface area (Å²) in [5, 5.41) is 0. The molecule has 4 aromatic rings. The second-order valence-electron chi connectivity index (χ2n) is 8.74. The monoisotopic (exact) mass is 754 g/mol. The van der Waals surface area contributed by atoms with Crippen molar-refractivity contribution in [2.75, 3.05) is 0 Å². The first-order chi connectivity index (χ1) is 17.3. The fourth-order valence-electron chi connectivity index (χ4n) is 4.59. The zero-order valence-corrected chi connectivity index (χ0v) is 30.2. The minimum absolute atomic E-state index is 0. The molecule has 6 rings (SSSR count). The van der Waals surface area contributed by atoms with E-state index in [0.29, 0.717) is 29.0 Å². The third kappa shape index (κ3) is 10.1. The van der Waals surface area contributed by atoms with Crippen molar-refractivity contribution >= 4 is 48.4 Å². The van der Waals surface area contributed by atoms with Crippen LogP contribution < -0.4 is 24.8 Å². The predicted octanol–water partition coefficient (Wildman–Crippen LogP) is 2.53. The molecule has 0 nitrogen and oxygen atoms in total. The van der Waals surface area contributed by atoms with Crippen molar-refractivity contribution in [3.05, 3.63) is 105 Å². The van der Waals surface area contributed by atoms with Gasteiger partial charge in [-0.3, -0.25) is 0 Å². The summed E-state index contributed by atoms with van der Waals surface area (Å²) in [6.07, 6.45) is 10.9. The van der Waals surface area contributed by atoms with E-state index in [1.54, 1.807) is 28.9 Å². The van der Waals surface area contributed by atoms with Crippen LogP contribution in [0.3, 0.4) is 0 Å². The molecule has 0 saturated carbocycles. The summed E-state index contributed by atoms with van der Waals surface area (Å²) in [6.45, 7) is 0. The first-order valence-corrected chi connectivity index (χ1v) is 23.6. The van der Waals surface area contributed by atoms with Gasteiger partial charge in [0.25, 0.3) is 0 Å². The Balaban J connectivity index is 0.000000225. The average Bonchev–Trinajstić information content (AvgIpc) is 2.94. The molecule has 2 heterocycles. The van der Waals surface area contributed by atoms with Crippen molar-refractivity contribution in [1.29, 1.82) is 0 Å². The van der Waals surface area contributed by atoms with Gasteiger partial charge in [-0.25, -0.2) is 0 Å². The Morgan fingerprint density at radius 1 is 0.486 bits per heavy atom. The van der Waals surface area contributed by atoms with Gasteiger partial charge in [0, 0.05) is 0 Å². The van der Waals surface area contributed by atoms with Gasteiger partial charge in [0.2, 0.25) is 0 Å². The van der Waals surface area contributed by atoms with Gasteiger partial charge in [-0.1, -0.05) is 0 Å². The fraction of sp³-hybridized carbons (Fsp3) is 0.267. The van der Waals surface area contributed by atoms with Crippen LogP contribution in [-0.2, 0) is 40.8 Å². The summed E-state index contributed by atoms with van der Waals surface area (Å²) in [4.78, 5) is 0. The number of aryl methyl sites for hydroxylation is 4. The molecule has 0 spiro atoms. The van der Waals surface area contributed by atoms with Crippen molar-refractivity contribution in [2.45, 2.75) is 51.4 Å². The molecule has 2 aromatic carbocycles. The maximum atomic E-state index is 4.95. The molecule has 0 N–H and O–H groups in total. The van der Waals surface area contributed by atoms with Crippen LogP contribution in [0.25, 0.3) is 20.0 Å². The standard InChI is InChI=1S/2C15H15Se.4ClH.Zn/c2*1-2-6-12(7-3-1)15-11-10-13-8-4-5-9-14(13)16-15;;;;;/h2*1-3,6-7,10-11H,4-5,8-9H2;4*1H;/q2*+1;;;;;+2/p-4. The van der Waals surface area contributed by atoms with Crippen LogP contribution in [0.5, 0.6) is 0 Å². The van der Waals surface area contributed by atoms with Gasteiger partial charge in [-0.2, -0.15) is 0 Å². The van der Waals surface area contributed by atoms with Crippen molar-refractivity contribution in [3.63, 3.8) is 0 Å². The van der Waals surface area contributed by atoms with E-state index in [4.69, 9.17) is 19.4 Å². The number of hydrogen-bond donors (Lipinski definition) is 0. The van der Waals surface area contributed by atoms with Gasteiger partial charge in [0.15, 0.2) is 0 Å². The van der Waals surface area contributed by atoms with E-state index in [2.05, 4.69) is 84.9 Å². The van der Waals surface area contributed by atoms with Gasteiger partial charge >= 0.3 is 240 Å². The van der Waals surface area contributed by atoms with Crippen molar-refractivity contribution in [1.82, 2.24) is 0 Å². The van der Waals surface area contributed by atoms with Crippen LogP contribution in [0.2, 0.25) is 0 Å². The van der Waals surface area contributed by atoms with Gasteiger partial charge < -0.3 is 24.8 Å². The second-order valence-corrected chi connectivity index (χ2v) is 18.1. The molecule has 2 aliphatic rings. The van der Waals surface area contributed by atoms with Crippen LogP contribution in [0.4, 0.5) is 0 Å². The fourth-order valence-corrected chi connectivity index (χ4v) is 9.64. The Hall–Kier alpha value is -0.0377. The third-order valence-electron chi connectivity index (χ3n) is 6.37. The Bertz CT molecular complexity index is 1110. The maximum absolute atomic E-state index is 4.95. The van der Waals surface area contributed by atoms with E-state index in [0.717, 1.165) is 0 Å². The molecule has 0 radical (unpaired) electrons. The molecule has 0 saturated heterocycles. The Morgan fingerprint density at radius 3 is 1.22 bits per heavy atom. The van der Waals surface area contributed by atoms with E-state index in [1.807, 2.05) is 0 Å². The molecule has 0 unspecified atom stereocenters. The molecule has 0 bridgehead atoms. The van der Waals surface area contributed by atoms with Crippen LogP contribution in [0.1, 0.15) is 45.7 Å². The number of rotatable bonds is 2. The van der Waals surface area contributed by atoms with Gasteiger partial charge in [-0.15, -0.1) is 0 Å². The zero-order valence-electron chi connectivity index (χ0n) is 20.8. The summed E-state index contributed by atoms with van der Waals surface area (Å²) in [5.41, 5.74) is 6.11. The number of fused-ring (bicyclic) bond motifs is 2. The van der Waals surface area contributed by atoms with Gasteiger partial charge in [0.1, 0.15) is 0 Å². The SMILES string of the molecule is [Cl-].[Cl-].[Cl][Zn][Cl].c1ccc(-c2ccc3c([se+]2)CCCC3)cc1.c1ccc(-c2ccc3c([se+]2)CCCC3)cc1. The van der Waals surface area contributed by atoms with E-state index in [9.17, 15) is 0 Å². The minimum atomic E-state index is -0.931. The van der Waals surface area contributed by atoms with Crippen LogP contribution in [0, 0.1) is 0 Å². The Labute approximate surface area is 262 Å². The molecule has 7 heteroatoms. The summed E-state index contributed by atoms with van der Waals surface area (Å²) >= 11 is 0.220. The molecule has 192 valence electrons. The molecule has 0 aliphatic heterocycles. The van der Waals surface area contributed by atoms with E-state index < -0.39 is 15.1 Å². The molecule has 37 heavy (non-hydrogen) atoms. The van der Waals surface area contributed by atoms with Crippen molar-refractivity contribution in [3.8, 4) is 20.0 Å². The van der Waals surface area contributed by atoms with Crippen LogP contribution >= 0.6 is 19.4 Å². The number of benzene rings is 2. The quantitative estimate of drug-likeness (QED) is 0.277. The van der Waals surface area contributed by atoms with Gasteiger partial charge in [0.05, 0.1) is 0 Å². The molecule has 2 aromatic heterocycles. The van der Waals surface area contributed by atoms with Crippen LogP contribution in [-0.4, -0.2) is 29.0 Å². The van der Waals surface area contributed by atoms with Crippen molar-refractivity contribution in [2.24, 2.45) is 0 Å². The molecular weight excluding hydrogens is 725 g/mol. The first-order valence-electron chi connectivity index (χ1n) is 12.4. The van der Waals surface area contributed by atoms with E-state index >= 15 is 0 Å². The molecular formula is C30H30Cl4Se2Zn. The predicted molar refractivity (Wildman–Crippen MR) is 151 cm³/mol. The molecule has 0 fully saturated rings. The topological polar surface area (TPSA) is 0 Å². The summed E-state index contributed by atoms with van der Waals surface area (Å²) in [5.74, 6) is 0. The summed E-state index contributed by atoms with van der Waals surface area (Å²) in [6, 6.07) is 31.1.